The Kier molecular flexibility index (Phi) is 20.1. The molecule has 3 aromatic rings. The summed E-state index contributed by atoms with van der Waals surface area (Å²) in [5.41, 5.74) is 2.53. The van der Waals surface area contributed by atoms with Crippen molar-refractivity contribution in [1.82, 2.24) is 20.2 Å². The molecule has 0 radical (unpaired) electrons. The van der Waals surface area contributed by atoms with Gasteiger partial charge in [-0.05, 0) is 81.0 Å². The molecule has 0 unspecified atom stereocenters. The van der Waals surface area contributed by atoms with Gasteiger partial charge in [-0.25, -0.2) is 9.97 Å². The van der Waals surface area contributed by atoms with Crippen LogP contribution in [0, 0.1) is 10.8 Å². The minimum atomic E-state index is -0.751. The van der Waals surface area contributed by atoms with E-state index in [4.69, 9.17) is 34.9 Å². The first-order valence-electron chi connectivity index (χ1n) is 18.2. The number of amidine groups is 2. The van der Waals surface area contributed by atoms with Crippen LogP contribution in [0.25, 0.3) is 0 Å². The molecule has 0 aliphatic heterocycles. The summed E-state index contributed by atoms with van der Waals surface area (Å²) >= 11 is 0. The summed E-state index contributed by atoms with van der Waals surface area (Å²) in [6.45, 7) is 6.18. The van der Waals surface area contributed by atoms with Gasteiger partial charge in [-0.1, -0.05) is 31.0 Å². The number of anilines is 1. The van der Waals surface area contributed by atoms with Crippen LogP contribution >= 0.6 is 0 Å². The second-order valence-corrected chi connectivity index (χ2v) is 12.5. The zero-order valence-corrected chi connectivity index (χ0v) is 31.0. The summed E-state index contributed by atoms with van der Waals surface area (Å²) < 4.78 is 22.6. The van der Waals surface area contributed by atoms with E-state index in [9.17, 15) is 9.59 Å². The Labute approximate surface area is 312 Å². The maximum Gasteiger partial charge on any atom is 0.303 e. The number of hydrogen-bond donors (Lipinski definition) is 5. The number of likely N-dealkylation sites (N-methyl/N-ethyl adjacent to an activating group) is 1. The number of nitrogens with one attached hydrogen (secondary N) is 4. The summed E-state index contributed by atoms with van der Waals surface area (Å²) in [4.78, 5) is 33.0. The van der Waals surface area contributed by atoms with Gasteiger partial charge < -0.3 is 39.6 Å². The van der Waals surface area contributed by atoms with E-state index in [-0.39, 0.29) is 36.6 Å². The largest absolute Gasteiger partial charge is 0.494 e. The molecule has 288 valence electrons. The van der Waals surface area contributed by atoms with Gasteiger partial charge in [0, 0.05) is 44.1 Å². The van der Waals surface area contributed by atoms with Crippen molar-refractivity contribution in [3.8, 4) is 5.75 Å². The first-order chi connectivity index (χ1) is 25.7. The fraction of sp³-hybridized carbons (Fsp3) is 0.487. The number of unbranched alkanes of at least 4 members (excludes halogenated alkanes) is 5. The van der Waals surface area contributed by atoms with Gasteiger partial charge in [0.15, 0.2) is 5.84 Å². The van der Waals surface area contributed by atoms with E-state index in [2.05, 4.69) is 20.6 Å². The number of ether oxygens (including phenoxy) is 4. The van der Waals surface area contributed by atoms with Crippen molar-refractivity contribution >= 4 is 29.2 Å². The lowest BCUT2D eigenvalue weighted by atomic mass is 10.1. The lowest BCUT2D eigenvalue weighted by Crippen LogP contribution is -2.37. The van der Waals surface area contributed by atoms with Gasteiger partial charge in [-0.15, -0.1) is 0 Å². The standard InChI is InChI=1S/C39H55N7O7/c1-30(45-39(49)32-13-10-14-33(26-32)43-28-36(40)46(2)38(41)35-17-18-42-29-44-35)31-12-11-15-34(27-31)53-21-9-4-3-7-19-50-22-24-52-25-23-51-20-8-5-6-16-37(47)48/h10-15,17-18,26-27,29-30,40-41,43H,3-9,16,19-25,28H2,1-2H3,(H,45,49)(H,47,48)/t30-/m1/s1. The highest BCUT2D eigenvalue weighted by molar-refractivity contribution is 6.06. The van der Waals surface area contributed by atoms with Gasteiger partial charge in [0.2, 0.25) is 0 Å². The van der Waals surface area contributed by atoms with Gasteiger partial charge in [-0.2, -0.15) is 0 Å². The predicted molar refractivity (Wildman–Crippen MR) is 204 cm³/mol. The third-order valence-corrected chi connectivity index (χ3v) is 8.23. The maximum absolute atomic E-state index is 13.1. The Bertz CT molecular complexity index is 1540. The molecule has 1 heterocycles. The highest BCUT2D eigenvalue weighted by atomic mass is 16.5. The van der Waals surface area contributed by atoms with Crippen LogP contribution < -0.4 is 15.4 Å². The molecule has 0 aliphatic rings. The van der Waals surface area contributed by atoms with Crippen LogP contribution in [0.1, 0.15) is 85.9 Å². The first kappa shape index (κ1) is 42.5. The molecule has 14 heteroatoms. The third-order valence-electron chi connectivity index (χ3n) is 8.23. The molecule has 1 amide bonds. The summed E-state index contributed by atoms with van der Waals surface area (Å²) in [5, 5.41) is 31.5. The summed E-state index contributed by atoms with van der Waals surface area (Å²) in [7, 11) is 1.64. The van der Waals surface area contributed by atoms with Crippen molar-refractivity contribution in [2.45, 2.75) is 64.3 Å². The van der Waals surface area contributed by atoms with E-state index < -0.39 is 5.97 Å². The normalized spacial score (nSPS) is 11.4. The number of hydrogen-bond acceptors (Lipinski definition) is 11. The molecule has 1 atom stereocenters. The molecule has 0 bridgehead atoms. The fourth-order valence-electron chi connectivity index (χ4n) is 5.10. The first-order valence-corrected chi connectivity index (χ1v) is 18.2. The second kappa shape index (κ2) is 25.1. The second-order valence-electron chi connectivity index (χ2n) is 12.5. The molecule has 0 aliphatic carbocycles. The van der Waals surface area contributed by atoms with Crippen molar-refractivity contribution in [2.24, 2.45) is 0 Å². The van der Waals surface area contributed by atoms with Crippen molar-refractivity contribution in [1.29, 1.82) is 10.8 Å². The number of aromatic nitrogens is 2. The zero-order valence-electron chi connectivity index (χ0n) is 31.0. The number of carboxylic acid groups (broad SMARTS) is 1. The van der Waals surface area contributed by atoms with E-state index in [1.54, 1.807) is 37.5 Å². The summed E-state index contributed by atoms with van der Waals surface area (Å²) in [6, 6.07) is 16.2. The highest BCUT2D eigenvalue weighted by Gasteiger charge is 2.15. The van der Waals surface area contributed by atoms with E-state index in [1.807, 2.05) is 37.3 Å². The SMILES string of the molecule is C[C@@H](NC(=O)c1cccc(NCC(=N)N(C)C(=N)c2ccncn2)c1)c1cccc(OCCCCCCOCCOCCOCCCCCC(=O)O)c1. The van der Waals surface area contributed by atoms with Gasteiger partial charge in [0.1, 0.15) is 23.6 Å². The summed E-state index contributed by atoms with van der Waals surface area (Å²) in [6.07, 6.45) is 9.56. The van der Waals surface area contributed by atoms with Gasteiger partial charge in [-0.3, -0.25) is 20.4 Å². The fourth-order valence-corrected chi connectivity index (χ4v) is 5.10. The molecule has 0 fully saturated rings. The van der Waals surface area contributed by atoms with E-state index in [1.165, 1.54) is 11.2 Å². The Morgan fingerprint density at radius 3 is 2.17 bits per heavy atom. The number of aliphatic carboxylic acids is 1. The number of carboxylic acids is 1. The molecule has 1 aromatic heterocycles. The van der Waals surface area contributed by atoms with Crippen LogP contribution in [0.4, 0.5) is 5.69 Å². The van der Waals surface area contributed by atoms with Crippen LogP contribution in [0.5, 0.6) is 5.75 Å². The number of carbonyl (C=O) groups is 2. The van der Waals surface area contributed by atoms with Crippen molar-refractivity contribution < 1.29 is 33.6 Å². The number of nitrogens with zero attached hydrogens (tertiary/aromatic N) is 3. The molecule has 53 heavy (non-hydrogen) atoms. The van der Waals surface area contributed by atoms with Crippen LogP contribution in [0.3, 0.4) is 0 Å². The lowest BCUT2D eigenvalue weighted by molar-refractivity contribution is -0.137. The molecule has 0 spiro atoms. The van der Waals surface area contributed by atoms with Crippen LogP contribution in [0.2, 0.25) is 0 Å². The van der Waals surface area contributed by atoms with Crippen molar-refractivity contribution in [3.05, 3.63) is 83.9 Å². The average molecular weight is 734 g/mol. The molecule has 0 saturated heterocycles. The van der Waals surface area contributed by atoms with Gasteiger partial charge >= 0.3 is 5.97 Å². The monoisotopic (exact) mass is 733 g/mol. The minimum absolute atomic E-state index is 0.0901. The van der Waals surface area contributed by atoms with Crippen LogP contribution in [-0.4, -0.2) is 103 Å². The Morgan fingerprint density at radius 2 is 1.49 bits per heavy atom. The minimum Gasteiger partial charge on any atom is -0.494 e. The predicted octanol–water partition coefficient (Wildman–Crippen LogP) is 5.95. The maximum atomic E-state index is 13.1. The average Bonchev–Trinajstić information content (AvgIpc) is 3.17. The van der Waals surface area contributed by atoms with Gasteiger partial charge in [0.05, 0.1) is 45.6 Å². The number of carbonyl (C=O) groups excluding carboxylic acids is 1. The zero-order chi connectivity index (χ0) is 38.1. The number of benzene rings is 2. The van der Waals surface area contributed by atoms with E-state index >= 15 is 0 Å². The summed E-state index contributed by atoms with van der Waals surface area (Å²) in [5.74, 6) is 0.0547. The molecule has 14 nitrogen and oxygen atoms in total. The van der Waals surface area contributed by atoms with Crippen molar-refractivity contribution in [3.63, 3.8) is 0 Å². The van der Waals surface area contributed by atoms with Gasteiger partial charge in [0.25, 0.3) is 5.91 Å². The molecular weight excluding hydrogens is 678 g/mol. The Balaban J connectivity index is 1.24. The third kappa shape index (κ3) is 17.4. The Morgan fingerprint density at radius 1 is 0.830 bits per heavy atom. The molecule has 3 rings (SSSR count). The Hall–Kier alpha value is -4.92. The smallest absolute Gasteiger partial charge is 0.303 e. The number of amides is 1. The molecule has 5 N–H and O–H groups in total. The quantitative estimate of drug-likeness (QED) is 0.0354. The van der Waals surface area contributed by atoms with E-state index in [0.29, 0.717) is 69.6 Å². The highest BCUT2D eigenvalue weighted by Crippen LogP contribution is 2.21. The lowest BCUT2D eigenvalue weighted by Gasteiger charge is -2.21. The topological polar surface area (TPSA) is 192 Å². The molecular formula is C39H55N7O7. The molecule has 0 saturated carbocycles. The van der Waals surface area contributed by atoms with Crippen LogP contribution in [0.15, 0.2) is 67.1 Å². The molecule has 2 aromatic carbocycles. The van der Waals surface area contributed by atoms with E-state index in [0.717, 1.165) is 49.8 Å². The van der Waals surface area contributed by atoms with Crippen molar-refractivity contribution in [2.75, 3.05) is 65.2 Å². The number of rotatable bonds is 27. The van der Waals surface area contributed by atoms with Crippen LogP contribution in [-0.2, 0) is 19.0 Å².